The van der Waals surface area contributed by atoms with Gasteiger partial charge in [-0.25, -0.2) is 9.97 Å². The first kappa shape index (κ1) is 26.4. The van der Waals surface area contributed by atoms with Crippen LogP contribution in [0, 0.1) is 11.8 Å². The number of nitrogens with one attached hydrogen (secondary N) is 2. The summed E-state index contributed by atoms with van der Waals surface area (Å²) in [6.45, 7) is 12.5. The summed E-state index contributed by atoms with van der Waals surface area (Å²) in [4.78, 5) is 36.4. The molecule has 2 heterocycles. The van der Waals surface area contributed by atoms with Crippen LogP contribution >= 0.6 is 11.8 Å². The second-order valence-corrected chi connectivity index (χ2v) is 10.9. The molecule has 0 spiro atoms. The zero-order valence-electron chi connectivity index (χ0n) is 20.3. The average Bonchev–Trinajstić information content (AvgIpc) is 2.73. The number of carboxylic acid groups (broad SMARTS) is 1. The van der Waals surface area contributed by atoms with E-state index in [4.69, 9.17) is 4.98 Å². The normalized spacial score (nSPS) is 19.1. The highest BCUT2D eigenvalue weighted by molar-refractivity contribution is 7.98. The van der Waals surface area contributed by atoms with E-state index in [1.165, 1.54) is 0 Å². The van der Waals surface area contributed by atoms with Gasteiger partial charge in [0.25, 0.3) is 5.91 Å². The lowest BCUT2D eigenvalue weighted by Crippen LogP contribution is -2.53. The third-order valence-corrected chi connectivity index (χ3v) is 6.14. The Balaban J connectivity index is 2.36. The van der Waals surface area contributed by atoms with Crippen LogP contribution in [0.3, 0.4) is 0 Å². The third-order valence-electron chi connectivity index (χ3n) is 5.45. The number of carboxylic acids is 1. The van der Waals surface area contributed by atoms with Gasteiger partial charge in [-0.05, 0) is 30.8 Å². The molecule has 1 aliphatic rings. The fourth-order valence-corrected chi connectivity index (χ4v) is 4.18. The minimum Gasteiger partial charge on any atom is -0.481 e. The van der Waals surface area contributed by atoms with Crippen molar-refractivity contribution in [2.45, 2.75) is 58.9 Å². The van der Waals surface area contributed by atoms with E-state index in [-0.39, 0.29) is 23.3 Å². The van der Waals surface area contributed by atoms with Gasteiger partial charge in [0.15, 0.2) is 0 Å². The first-order valence-electron chi connectivity index (χ1n) is 11.4. The van der Waals surface area contributed by atoms with Crippen molar-refractivity contribution in [2.75, 3.05) is 43.5 Å². The number of nitrogens with zero attached hydrogens (tertiary/aromatic N) is 3. The second kappa shape index (κ2) is 11.8. The van der Waals surface area contributed by atoms with Crippen LogP contribution in [0.2, 0.25) is 0 Å². The van der Waals surface area contributed by atoms with Gasteiger partial charge >= 0.3 is 5.97 Å². The molecule has 1 aromatic rings. The van der Waals surface area contributed by atoms with Gasteiger partial charge in [-0.1, -0.05) is 34.6 Å². The first-order chi connectivity index (χ1) is 15.0. The van der Waals surface area contributed by atoms with Crippen LogP contribution in [0.15, 0.2) is 6.20 Å². The zero-order valence-corrected chi connectivity index (χ0v) is 21.1. The third kappa shape index (κ3) is 7.33. The molecule has 0 unspecified atom stereocenters. The topological polar surface area (TPSA) is 107 Å². The molecule has 1 aliphatic heterocycles. The lowest BCUT2D eigenvalue weighted by molar-refractivity contribution is -0.142. The predicted molar refractivity (Wildman–Crippen MR) is 130 cm³/mol. The standard InChI is InChI=1S/C23H39N5O3S/c1-15(2)14-28(17-10-16(21(30)31)11-24-12-17)20(29)18-13-26-22(23(3,4)5)27-19(18)25-8-7-9-32-6/h13,15-17,24H,7-12,14H2,1-6H3,(H,30,31)(H,25,26,27)/t16-,17+/m1/s1. The van der Waals surface area contributed by atoms with E-state index < -0.39 is 11.9 Å². The van der Waals surface area contributed by atoms with Gasteiger partial charge in [0, 0.05) is 43.8 Å². The first-order valence-corrected chi connectivity index (χ1v) is 12.8. The summed E-state index contributed by atoms with van der Waals surface area (Å²) < 4.78 is 0. The summed E-state index contributed by atoms with van der Waals surface area (Å²) in [5, 5.41) is 16.0. The Morgan fingerprint density at radius 3 is 2.66 bits per heavy atom. The molecule has 1 saturated heterocycles. The Hall–Kier alpha value is -1.87. The Morgan fingerprint density at radius 1 is 1.34 bits per heavy atom. The highest BCUT2D eigenvalue weighted by Crippen LogP contribution is 2.25. The van der Waals surface area contributed by atoms with Crippen LogP contribution in [0.25, 0.3) is 0 Å². The van der Waals surface area contributed by atoms with Gasteiger partial charge in [-0.3, -0.25) is 9.59 Å². The van der Waals surface area contributed by atoms with Crippen molar-refractivity contribution in [2.24, 2.45) is 11.8 Å². The minimum absolute atomic E-state index is 0.149. The van der Waals surface area contributed by atoms with Crippen LogP contribution < -0.4 is 10.6 Å². The molecule has 0 aliphatic carbocycles. The molecule has 2 rings (SSSR count). The molecule has 9 heteroatoms. The van der Waals surface area contributed by atoms with Gasteiger partial charge < -0.3 is 20.6 Å². The summed E-state index contributed by atoms with van der Waals surface area (Å²) in [5.41, 5.74) is 0.205. The van der Waals surface area contributed by atoms with Crippen LogP contribution in [0.4, 0.5) is 5.82 Å². The molecular formula is C23H39N5O3S. The van der Waals surface area contributed by atoms with E-state index in [9.17, 15) is 14.7 Å². The molecule has 1 aromatic heterocycles. The second-order valence-electron chi connectivity index (χ2n) is 9.91. The van der Waals surface area contributed by atoms with Crippen molar-refractivity contribution in [1.82, 2.24) is 20.2 Å². The number of carbonyl (C=O) groups is 2. The summed E-state index contributed by atoms with van der Waals surface area (Å²) >= 11 is 1.78. The number of aliphatic carboxylic acids is 1. The highest BCUT2D eigenvalue weighted by Gasteiger charge is 2.34. The van der Waals surface area contributed by atoms with E-state index in [1.54, 1.807) is 18.0 Å². The van der Waals surface area contributed by atoms with Gasteiger partial charge in [-0.15, -0.1) is 0 Å². The fraction of sp³-hybridized carbons (Fsp3) is 0.739. The molecule has 0 saturated carbocycles. The van der Waals surface area contributed by atoms with Crippen LogP contribution in [-0.2, 0) is 10.2 Å². The Labute approximate surface area is 196 Å². The van der Waals surface area contributed by atoms with Crippen molar-refractivity contribution in [1.29, 1.82) is 0 Å². The highest BCUT2D eigenvalue weighted by atomic mass is 32.2. The molecule has 0 bridgehead atoms. The lowest BCUT2D eigenvalue weighted by atomic mass is 9.93. The van der Waals surface area contributed by atoms with E-state index in [2.05, 4.69) is 35.7 Å². The molecule has 0 radical (unpaired) electrons. The molecule has 0 aromatic carbocycles. The molecule has 1 fully saturated rings. The molecule has 3 N–H and O–H groups in total. The molecule has 1 amide bonds. The molecule has 180 valence electrons. The van der Waals surface area contributed by atoms with Crippen LogP contribution in [-0.4, -0.2) is 76.1 Å². The number of hydrogen-bond donors (Lipinski definition) is 3. The summed E-state index contributed by atoms with van der Waals surface area (Å²) in [7, 11) is 0. The average molecular weight is 466 g/mol. The number of rotatable bonds is 10. The summed E-state index contributed by atoms with van der Waals surface area (Å²) in [5.74, 6) is 1.04. The smallest absolute Gasteiger partial charge is 0.307 e. The maximum absolute atomic E-state index is 13.8. The van der Waals surface area contributed by atoms with E-state index in [0.29, 0.717) is 43.3 Å². The quantitative estimate of drug-likeness (QED) is 0.453. The predicted octanol–water partition coefficient (Wildman–Crippen LogP) is 3.10. The number of aromatic nitrogens is 2. The largest absolute Gasteiger partial charge is 0.481 e. The van der Waals surface area contributed by atoms with Gasteiger partial charge in [-0.2, -0.15) is 11.8 Å². The van der Waals surface area contributed by atoms with Gasteiger partial charge in [0.1, 0.15) is 17.2 Å². The van der Waals surface area contributed by atoms with Gasteiger partial charge in [0.2, 0.25) is 0 Å². The maximum atomic E-state index is 13.8. The van der Waals surface area contributed by atoms with E-state index in [1.807, 2.05) is 25.7 Å². The van der Waals surface area contributed by atoms with Crippen molar-refractivity contribution in [3.63, 3.8) is 0 Å². The van der Waals surface area contributed by atoms with Crippen LogP contribution in [0.5, 0.6) is 0 Å². The number of anilines is 1. The SMILES string of the molecule is CSCCCNc1nc(C(C)(C)C)ncc1C(=O)N(CC(C)C)[C@@H]1CNC[C@H](C(=O)O)C1. The Morgan fingerprint density at radius 2 is 2.06 bits per heavy atom. The van der Waals surface area contributed by atoms with Crippen molar-refractivity contribution >= 4 is 29.5 Å². The zero-order chi connectivity index (χ0) is 23.9. The number of amides is 1. The van der Waals surface area contributed by atoms with E-state index in [0.717, 1.165) is 18.7 Å². The Kier molecular flexibility index (Phi) is 9.76. The molecule has 2 atom stereocenters. The van der Waals surface area contributed by atoms with Crippen molar-refractivity contribution < 1.29 is 14.7 Å². The summed E-state index contributed by atoms with van der Waals surface area (Å²) in [6, 6.07) is -0.189. The molecule has 32 heavy (non-hydrogen) atoms. The van der Waals surface area contributed by atoms with Crippen molar-refractivity contribution in [3.8, 4) is 0 Å². The minimum atomic E-state index is -0.826. The number of thioether (sulfide) groups is 1. The molecular weight excluding hydrogens is 426 g/mol. The summed E-state index contributed by atoms with van der Waals surface area (Å²) in [6.07, 6.45) is 5.11. The van der Waals surface area contributed by atoms with Crippen LogP contribution in [0.1, 0.15) is 63.6 Å². The Bertz CT molecular complexity index is 781. The molecule has 8 nitrogen and oxygen atoms in total. The number of hydrogen-bond acceptors (Lipinski definition) is 7. The lowest BCUT2D eigenvalue weighted by Gasteiger charge is -2.38. The fourth-order valence-electron chi connectivity index (χ4n) is 3.75. The number of carbonyl (C=O) groups excluding carboxylic acids is 1. The maximum Gasteiger partial charge on any atom is 0.307 e. The van der Waals surface area contributed by atoms with E-state index >= 15 is 0 Å². The van der Waals surface area contributed by atoms with Gasteiger partial charge in [0.05, 0.1) is 5.92 Å². The number of piperidine rings is 1. The van der Waals surface area contributed by atoms with Crippen molar-refractivity contribution in [3.05, 3.63) is 17.6 Å². The monoisotopic (exact) mass is 465 g/mol.